The third-order valence-corrected chi connectivity index (χ3v) is 1.91. The van der Waals surface area contributed by atoms with E-state index in [0.717, 1.165) is 17.6 Å². The van der Waals surface area contributed by atoms with Crippen LogP contribution in [0, 0.1) is 0 Å². The van der Waals surface area contributed by atoms with Gasteiger partial charge in [-0.3, -0.25) is 0 Å². The molecule has 0 bridgehead atoms. The van der Waals surface area contributed by atoms with Crippen molar-refractivity contribution in [3.63, 3.8) is 0 Å². The number of hydrogen-bond donors (Lipinski definition) is 1. The molecule has 0 aliphatic heterocycles. The van der Waals surface area contributed by atoms with Crippen molar-refractivity contribution in [3.05, 3.63) is 35.9 Å². The fourth-order valence-electron chi connectivity index (χ4n) is 0.722. The standard InChI is InChI=1S/C8H8O3S/c9-8(10)11-12-6-7-4-2-1-3-5-7/h1-5H,6H2,(H,9,10). The van der Waals surface area contributed by atoms with Gasteiger partial charge in [0.15, 0.2) is 0 Å². The van der Waals surface area contributed by atoms with Crippen LogP contribution >= 0.6 is 12.0 Å². The maximum absolute atomic E-state index is 9.95. The van der Waals surface area contributed by atoms with Crippen LogP contribution in [0.5, 0.6) is 0 Å². The van der Waals surface area contributed by atoms with Crippen molar-refractivity contribution in [2.45, 2.75) is 5.75 Å². The van der Waals surface area contributed by atoms with E-state index in [2.05, 4.69) is 4.18 Å². The molecule has 0 spiro atoms. The molecule has 4 heteroatoms. The second-order valence-corrected chi connectivity index (χ2v) is 2.79. The number of carbonyl (C=O) groups is 1. The van der Waals surface area contributed by atoms with Crippen molar-refractivity contribution in [1.29, 1.82) is 0 Å². The number of benzene rings is 1. The van der Waals surface area contributed by atoms with E-state index in [0.29, 0.717) is 5.75 Å². The Hall–Kier alpha value is -1.16. The van der Waals surface area contributed by atoms with Crippen LogP contribution in [-0.2, 0) is 9.94 Å². The lowest BCUT2D eigenvalue weighted by Gasteiger charge is -1.97. The maximum Gasteiger partial charge on any atom is 0.518 e. The summed E-state index contributed by atoms with van der Waals surface area (Å²) >= 11 is 0.915. The summed E-state index contributed by atoms with van der Waals surface area (Å²) in [6.07, 6.45) is -1.25. The highest BCUT2D eigenvalue weighted by atomic mass is 32.2. The molecule has 0 aromatic heterocycles. The highest BCUT2D eigenvalue weighted by Gasteiger charge is 1.97. The van der Waals surface area contributed by atoms with Crippen LogP contribution in [0.15, 0.2) is 30.3 Å². The Kier molecular flexibility index (Phi) is 3.47. The Bertz CT molecular complexity index is 248. The van der Waals surface area contributed by atoms with Gasteiger partial charge < -0.3 is 9.29 Å². The summed E-state index contributed by atoms with van der Waals surface area (Å²) in [6.45, 7) is 0. The predicted molar refractivity (Wildman–Crippen MR) is 46.8 cm³/mol. The second-order valence-electron chi connectivity index (χ2n) is 2.10. The average Bonchev–Trinajstić information content (AvgIpc) is 2.05. The molecule has 1 rings (SSSR count). The van der Waals surface area contributed by atoms with E-state index in [1.54, 1.807) is 0 Å². The largest absolute Gasteiger partial charge is 0.518 e. The molecule has 0 aliphatic carbocycles. The summed E-state index contributed by atoms with van der Waals surface area (Å²) in [4.78, 5) is 9.95. The first kappa shape index (κ1) is 8.93. The molecule has 0 saturated heterocycles. The molecule has 0 amide bonds. The molecule has 0 heterocycles. The van der Waals surface area contributed by atoms with Crippen LogP contribution in [-0.4, -0.2) is 11.3 Å². The third-order valence-electron chi connectivity index (χ3n) is 1.20. The fraction of sp³-hybridized carbons (Fsp3) is 0.125. The number of hydrogen-bond acceptors (Lipinski definition) is 3. The van der Waals surface area contributed by atoms with Crippen molar-refractivity contribution in [1.82, 2.24) is 0 Å². The van der Waals surface area contributed by atoms with E-state index < -0.39 is 6.16 Å². The van der Waals surface area contributed by atoms with Crippen LogP contribution in [0.1, 0.15) is 5.56 Å². The van der Waals surface area contributed by atoms with Gasteiger partial charge in [0.05, 0.1) is 17.8 Å². The number of rotatable bonds is 3. The topological polar surface area (TPSA) is 46.5 Å². The summed E-state index contributed by atoms with van der Waals surface area (Å²) in [5.74, 6) is 0.549. The van der Waals surface area contributed by atoms with Crippen molar-refractivity contribution >= 4 is 18.2 Å². The molecule has 64 valence electrons. The fourth-order valence-corrected chi connectivity index (χ4v) is 1.21. The van der Waals surface area contributed by atoms with Gasteiger partial charge in [-0.15, -0.1) is 0 Å². The van der Waals surface area contributed by atoms with E-state index >= 15 is 0 Å². The summed E-state index contributed by atoms with van der Waals surface area (Å²) in [6, 6.07) is 9.54. The van der Waals surface area contributed by atoms with E-state index in [1.807, 2.05) is 30.3 Å². The second kappa shape index (κ2) is 4.66. The van der Waals surface area contributed by atoms with Crippen LogP contribution in [0.4, 0.5) is 4.79 Å². The van der Waals surface area contributed by atoms with Gasteiger partial charge in [-0.05, 0) is 5.56 Å². The molecule has 0 saturated carbocycles. The van der Waals surface area contributed by atoms with Crippen LogP contribution in [0.3, 0.4) is 0 Å². The van der Waals surface area contributed by atoms with Gasteiger partial charge in [0.25, 0.3) is 0 Å². The highest BCUT2D eigenvalue weighted by Crippen LogP contribution is 2.12. The van der Waals surface area contributed by atoms with Crippen LogP contribution < -0.4 is 0 Å². The molecule has 1 N–H and O–H groups in total. The van der Waals surface area contributed by atoms with Crippen LogP contribution in [0.2, 0.25) is 0 Å². The molecule has 0 atom stereocenters. The smallest absolute Gasteiger partial charge is 0.449 e. The molecular formula is C8H8O3S. The highest BCUT2D eigenvalue weighted by molar-refractivity contribution is 7.94. The summed E-state index contributed by atoms with van der Waals surface area (Å²) in [5, 5.41) is 8.15. The minimum absolute atomic E-state index is 0.549. The van der Waals surface area contributed by atoms with E-state index in [4.69, 9.17) is 5.11 Å². The zero-order valence-corrected chi connectivity index (χ0v) is 7.08. The molecule has 0 radical (unpaired) electrons. The molecule has 1 aromatic rings. The Morgan fingerprint density at radius 1 is 1.42 bits per heavy atom. The molecule has 12 heavy (non-hydrogen) atoms. The van der Waals surface area contributed by atoms with E-state index in [-0.39, 0.29) is 0 Å². The van der Waals surface area contributed by atoms with Gasteiger partial charge >= 0.3 is 6.16 Å². The number of carboxylic acid groups (broad SMARTS) is 1. The van der Waals surface area contributed by atoms with E-state index in [1.165, 1.54) is 0 Å². The lowest BCUT2D eigenvalue weighted by atomic mass is 10.2. The minimum atomic E-state index is -1.25. The minimum Gasteiger partial charge on any atom is -0.449 e. The summed E-state index contributed by atoms with van der Waals surface area (Å²) < 4.78 is 4.28. The van der Waals surface area contributed by atoms with Gasteiger partial charge in [0, 0.05) is 0 Å². The van der Waals surface area contributed by atoms with Gasteiger partial charge in [-0.1, -0.05) is 30.3 Å². The van der Waals surface area contributed by atoms with Gasteiger partial charge in [0.2, 0.25) is 0 Å². The predicted octanol–water partition coefficient (Wildman–Crippen LogP) is 2.53. The van der Waals surface area contributed by atoms with Crippen molar-refractivity contribution in [2.24, 2.45) is 0 Å². The van der Waals surface area contributed by atoms with Gasteiger partial charge in [-0.2, -0.15) is 0 Å². The monoisotopic (exact) mass is 184 g/mol. The zero-order chi connectivity index (χ0) is 8.81. The Morgan fingerprint density at radius 2 is 2.08 bits per heavy atom. The molecule has 3 nitrogen and oxygen atoms in total. The van der Waals surface area contributed by atoms with Crippen LogP contribution in [0.25, 0.3) is 0 Å². The molecule has 0 unspecified atom stereocenters. The summed E-state index contributed by atoms with van der Waals surface area (Å²) in [5.41, 5.74) is 1.05. The molecular weight excluding hydrogens is 176 g/mol. The van der Waals surface area contributed by atoms with Crippen molar-refractivity contribution in [3.8, 4) is 0 Å². The van der Waals surface area contributed by atoms with Gasteiger partial charge in [0.1, 0.15) is 0 Å². The Morgan fingerprint density at radius 3 is 2.67 bits per heavy atom. The first-order valence-corrected chi connectivity index (χ1v) is 4.26. The first-order chi connectivity index (χ1) is 5.79. The maximum atomic E-state index is 9.95. The molecule has 0 fully saturated rings. The summed E-state index contributed by atoms with van der Waals surface area (Å²) in [7, 11) is 0. The zero-order valence-electron chi connectivity index (χ0n) is 6.27. The van der Waals surface area contributed by atoms with E-state index in [9.17, 15) is 4.79 Å². The lowest BCUT2D eigenvalue weighted by Crippen LogP contribution is -1.92. The quantitative estimate of drug-likeness (QED) is 0.733. The van der Waals surface area contributed by atoms with Crippen molar-refractivity contribution < 1.29 is 14.1 Å². The van der Waals surface area contributed by atoms with Crippen molar-refractivity contribution in [2.75, 3.05) is 0 Å². The third kappa shape index (κ3) is 3.30. The SMILES string of the molecule is O=C(O)OSCc1ccccc1. The molecule has 0 aliphatic rings. The van der Waals surface area contributed by atoms with Gasteiger partial charge in [-0.25, -0.2) is 4.79 Å². The molecule has 1 aromatic carbocycles. The lowest BCUT2D eigenvalue weighted by molar-refractivity contribution is 0.153. The normalized spacial score (nSPS) is 9.33. The average molecular weight is 184 g/mol. The Balaban J connectivity index is 2.29. The Labute approximate surface area is 74.6 Å². The first-order valence-electron chi connectivity index (χ1n) is 3.35.